The normalized spacial score (nSPS) is 28.3. The van der Waals surface area contributed by atoms with E-state index < -0.39 is 35.0 Å². The molecule has 5 nitrogen and oxygen atoms in total. The monoisotopic (exact) mass is 337 g/mol. The Bertz CT molecular complexity index is 811. The van der Waals surface area contributed by atoms with Crippen LogP contribution in [0.4, 0.5) is 0 Å². The van der Waals surface area contributed by atoms with Gasteiger partial charge in [-0.1, -0.05) is 54.1 Å². The van der Waals surface area contributed by atoms with Gasteiger partial charge in [-0.05, 0) is 0 Å². The second kappa shape index (κ2) is 5.15. The smallest absolute Gasteiger partial charge is 0.328 e. The molecule has 2 fully saturated rings. The Hall–Kier alpha value is -2.69. The van der Waals surface area contributed by atoms with Gasteiger partial charge in [0, 0.05) is 31.7 Å². The van der Waals surface area contributed by atoms with Crippen LogP contribution < -0.4 is 0 Å². The molecule has 5 heteroatoms. The minimum absolute atomic E-state index is 0.250. The number of rotatable bonds is 3. The molecule has 1 heterocycles. The minimum atomic E-state index is -1.59. The molecule has 0 bridgehead atoms. The van der Waals surface area contributed by atoms with E-state index in [4.69, 9.17) is 9.47 Å². The van der Waals surface area contributed by atoms with Crippen molar-refractivity contribution in [1.29, 1.82) is 0 Å². The fourth-order valence-electron chi connectivity index (χ4n) is 3.81. The zero-order valence-corrected chi connectivity index (χ0v) is 13.9. The maximum atomic E-state index is 13.0. The molecule has 1 saturated carbocycles. The summed E-state index contributed by atoms with van der Waals surface area (Å²) in [6.07, 6.45) is 7.25. The fraction of sp³-hybridized carbons (Fsp3) is 0.300. The lowest BCUT2D eigenvalue weighted by molar-refractivity contribution is -0.244. The molecule has 1 aliphatic heterocycles. The molecule has 0 amide bonds. The van der Waals surface area contributed by atoms with Crippen LogP contribution in [0.3, 0.4) is 0 Å². The molecule has 2 atom stereocenters. The molecule has 1 aromatic rings. The minimum Gasteiger partial charge on any atom is -0.422 e. The van der Waals surface area contributed by atoms with E-state index in [0.717, 1.165) is 5.57 Å². The Kier molecular flexibility index (Phi) is 3.26. The van der Waals surface area contributed by atoms with E-state index in [1.54, 1.807) is 30.3 Å². The summed E-state index contributed by atoms with van der Waals surface area (Å²) in [6, 6.07) is 8.67. The van der Waals surface area contributed by atoms with Crippen molar-refractivity contribution in [3.8, 4) is 0 Å². The zero-order valence-electron chi connectivity index (χ0n) is 13.9. The van der Waals surface area contributed by atoms with Gasteiger partial charge in [0.25, 0.3) is 5.79 Å². The molecule has 127 valence electrons. The topological polar surface area (TPSA) is 69.7 Å². The van der Waals surface area contributed by atoms with Crippen molar-refractivity contribution < 1.29 is 23.9 Å². The lowest BCUT2D eigenvalue weighted by Gasteiger charge is -2.34. The molecule has 1 saturated heterocycles. The van der Waals surface area contributed by atoms with E-state index in [1.807, 2.05) is 24.6 Å². The summed E-state index contributed by atoms with van der Waals surface area (Å²) in [4.78, 5) is 38.6. The summed E-state index contributed by atoms with van der Waals surface area (Å²) in [7, 11) is 0. The second-order valence-corrected chi connectivity index (χ2v) is 6.95. The number of carbonyl (C=O) groups excluding carboxylic acids is 3. The largest absolute Gasteiger partial charge is 0.422 e. The Balaban J connectivity index is 1.76. The van der Waals surface area contributed by atoms with Gasteiger partial charge in [-0.25, -0.2) is 0 Å². The Morgan fingerprint density at radius 1 is 1.00 bits per heavy atom. The molecule has 4 rings (SSSR count). The van der Waals surface area contributed by atoms with Crippen molar-refractivity contribution in [3.05, 3.63) is 66.1 Å². The number of Topliss-reactive ketones (excluding diaryl/α,β-unsaturated/α-hetero) is 1. The number of benzene rings is 1. The van der Waals surface area contributed by atoms with Crippen molar-refractivity contribution in [1.82, 2.24) is 0 Å². The van der Waals surface area contributed by atoms with E-state index in [9.17, 15) is 14.4 Å². The van der Waals surface area contributed by atoms with Gasteiger partial charge >= 0.3 is 11.9 Å². The molecular weight excluding hydrogens is 320 g/mol. The third-order valence-corrected chi connectivity index (χ3v) is 4.95. The number of ether oxygens (including phenoxy) is 2. The predicted octanol–water partition coefficient (Wildman–Crippen LogP) is 2.64. The van der Waals surface area contributed by atoms with Gasteiger partial charge in [0.1, 0.15) is 0 Å². The Morgan fingerprint density at radius 3 is 2.20 bits per heavy atom. The summed E-state index contributed by atoms with van der Waals surface area (Å²) in [6.45, 7) is 3.01. The van der Waals surface area contributed by atoms with Crippen LogP contribution in [-0.2, 0) is 19.1 Å². The SMILES string of the molecule is CC1(C)OC(=O)C2(C(=O)O1)C(C(=O)c1ccccc1)C2C1=CC=C[CH]1. The van der Waals surface area contributed by atoms with Gasteiger partial charge in [0.15, 0.2) is 11.2 Å². The third-order valence-electron chi connectivity index (χ3n) is 4.95. The van der Waals surface area contributed by atoms with Crippen molar-refractivity contribution in [2.45, 2.75) is 19.6 Å². The van der Waals surface area contributed by atoms with Crippen LogP contribution in [0.5, 0.6) is 0 Å². The van der Waals surface area contributed by atoms with E-state index in [2.05, 4.69) is 0 Å². The average molecular weight is 337 g/mol. The molecule has 3 aliphatic rings. The number of hydrogen-bond donors (Lipinski definition) is 0. The summed E-state index contributed by atoms with van der Waals surface area (Å²) < 4.78 is 10.7. The molecule has 25 heavy (non-hydrogen) atoms. The van der Waals surface area contributed by atoms with Crippen molar-refractivity contribution in [2.75, 3.05) is 0 Å². The molecule has 2 unspecified atom stereocenters. The number of cyclic esters (lactones) is 2. The lowest BCUT2D eigenvalue weighted by Crippen LogP contribution is -2.49. The highest BCUT2D eigenvalue weighted by Gasteiger charge is 2.81. The van der Waals surface area contributed by atoms with Crippen LogP contribution in [0, 0.1) is 23.7 Å². The van der Waals surface area contributed by atoms with Crippen molar-refractivity contribution in [3.63, 3.8) is 0 Å². The van der Waals surface area contributed by atoms with E-state index in [1.165, 1.54) is 13.8 Å². The molecule has 1 spiro atoms. The predicted molar refractivity (Wildman–Crippen MR) is 88.0 cm³/mol. The van der Waals surface area contributed by atoms with Crippen LogP contribution >= 0.6 is 0 Å². The van der Waals surface area contributed by atoms with Gasteiger partial charge in [0.2, 0.25) is 0 Å². The molecular formula is C20H17O5. The molecule has 1 aromatic carbocycles. The highest BCUT2D eigenvalue weighted by atomic mass is 16.7. The quantitative estimate of drug-likeness (QED) is 0.482. The molecule has 2 aliphatic carbocycles. The van der Waals surface area contributed by atoms with Crippen molar-refractivity contribution >= 4 is 17.7 Å². The first-order chi connectivity index (χ1) is 11.9. The zero-order chi connectivity index (χ0) is 17.8. The standard InChI is InChI=1S/C20H17O5/c1-19(2)24-17(22)20(18(23)25-19)14(12-8-6-7-9-12)15(20)16(21)13-10-4-3-5-11-13/h3-11,14-15H,1-2H3. The van der Waals surface area contributed by atoms with Gasteiger partial charge in [-0.3, -0.25) is 14.4 Å². The van der Waals surface area contributed by atoms with E-state index >= 15 is 0 Å². The van der Waals surface area contributed by atoms with Gasteiger partial charge in [-0.2, -0.15) is 0 Å². The fourth-order valence-corrected chi connectivity index (χ4v) is 3.81. The average Bonchev–Trinajstić information content (AvgIpc) is 2.97. The van der Waals surface area contributed by atoms with Crippen molar-refractivity contribution in [2.24, 2.45) is 17.3 Å². The lowest BCUT2D eigenvalue weighted by atomic mass is 9.95. The van der Waals surface area contributed by atoms with Crippen LogP contribution in [0.15, 0.2) is 54.1 Å². The number of allylic oxidation sites excluding steroid dienone is 4. The maximum absolute atomic E-state index is 13.0. The first-order valence-electron chi connectivity index (χ1n) is 8.15. The first-order valence-corrected chi connectivity index (χ1v) is 8.15. The highest BCUT2D eigenvalue weighted by molar-refractivity contribution is 6.16. The van der Waals surface area contributed by atoms with Crippen LogP contribution in [0.25, 0.3) is 0 Å². The van der Waals surface area contributed by atoms with Crippen LogP contribution in [-0.4, -0.2) is 23.5 Å². The first kappa shape index (κ1) is 15.8. The summed E-state index contributed by atoms with van der Waals surface area (Å²) in [5.74, 6) is -4.32. The number of ketones is 1. The Labute approximate surface area is 145 Å². The summed E-state index contributed by atoms with van der Waals surface area (Å²) >= 11 is 0. The third kappa shape index (κ3) is 2.18. The molecule has 0 aromatic heterocycles. The highest BCUT2D eigenvalue weighted by Crippen LogP contribution is 2.67. The van der Waals surface area contributed by atoms with Gasteiger partial charge in [-0.15, -0.1) is 0 Å². The molecule has 1 radical (unpaired) electrons. The number of carbonyl (C=O) groups is 3. The van der Waals surface area contributed by atoms with E-state index in [0.29, 0.717) is 5.56 Å². The summed E-state index contributed by atoms with van der Waals surface area (Å²) in [5.41, 5.74) is -0.356. The van der Waals surface area contributed by atoms with Gasteiger partial charge in [0.05, 0.1) is 5.92 Å². The van der Waals surface area contributed by atoms with Crippen LogP contribution in [0.1, 0.15) is 24.2 Å². The number of esters is 2. The van der Waals surface area contributed by atoms with Crippen LogP contribution in [0.2, 0.25) is 0 Å². The second-order valence-electron chi connectivity index (χ2n) is 6.95. The summed E-state index contributed by atoms with van der Waals surface area (Å²) in [5, 5.41) is 0. The van der Waals surface area contributed by atoms with E-state index in [-0.39, 0.29) is 5.78 Å². The molecule has 0 N–H and O–H groups in total. The maximum Gasteiger partial charge on any atom is 0.328 e. The number of hydrogen-bond acceptors (Lipinski definition) is 5. The van der Waals surface area contributed by atoms with Gasteiger partial charge < -0.3 is 9.47 Å². The Morgan fingerprint density at radius 2 is 1.64 bits per heavy atom.